The van der Waals surface area contributed by atoms with Gasteiger partial charge in [0.05, 0.1) is 5.92 Å². The number of halogens is 1. The van der Waals surface area contributed by atoms with Crippen LogP contribution in [0.3, 0.4) is 0 Å². The molecule has 4 atom stereocenters. The first-order valence-corrected chi connectivity index (χ1v) is 7.88. The highest BCUT2D eigenvalue weighted by molar-refractivity contribution is 6.31. The van der Waals surface area contributed by atoms with Crippen LogP contribution in [0.5, 0.6) is 0 Å². The summed E-state index contributed by atoms with van der Waals surface area (Å²) in [4.78, 5) is 14.8. The Morgan fingerprint density at radius 3 is 2.85 bits per heavy atom. The molecule has 0 spiro atoms. The number of carbonyl (C=O) groups is 1. The maximum atomic E-state index is 12.9. The van der Waals surface area contributed by atoms with Crippen LogP contribution in [-0.2, 0) is 11.2 Å². The lowest BCUT2D eigenvalue weighted by Crippen LogP contribution is -2.46. The third kappa shape index (κ3) is 1.73. The minimum atomic E-state index is 0.0266. The Hall–Kier alpha value is -1.06. The highest BCUT2D eigenvalue weighted by Crippen LogP contribution is 2.49. The minimum Gasteiger partial charge on any atom is -0.327 e. The van der Waals surface area contributed by atoms with Gasteiger partial charge in [-0.05, 0) is 55.2 Å². The fraction of sp³-hybridized carbons (Fsp3) is 0.562. The van der Waals surface area contributed by atoms with E-state index in [2.05, 4.69) is 0 Å². The Morgan fingerprint density at radius 2 is 2.10 bits per heavy atom. The van der Waals surface area contributed by atoms with E-state index in [1.54, 1.807) is 0 Å². The SMILES string of the molecule is NC1C2CCC(C2)C1C(=O)N1CCc2ccc(Cl)cc21. The molecule has 2 N–H and O–H groups in total. The molecule has 3 nitrogen and oxygen atoms in total. The number of benzene rings is 1. The molecule has 106 valence electrons. The summed E-state index contributed by atoms with van der Waals surface area (Å²) >= 11 is 6.08. The molecule has 2 bridgehead atoms. The molecule has 0 saturated heterocycles. The molecule has 4 rings (SSSR count). The smallest absolute Gasteiger partial charge is 0.231 e. The van der Waals surface area contributed by atoms with Crippen LogP contribution in [-0.4, -0.2) is 18.5 Å². The van der Waals surface area contributed by atoms with Crippen molar-refractivity contribution in [2.24, 2.45) is 23.5 Å². The first-order valence-electron chi connectivity index (χ1n) is 7.50. The average Bonchev–Trinajstić information content (AvgIpc) is 3.10. The average molecular weight is 291 g/mol. The number of carbonyl (C=O) groups excluding carboxylic acids is 1. The second-order valence-electron chi connectivity index (χ2n) is 6.45. The van der Waals surface area contributed by atoms with Gasteiger partial charge in [-0.15, -0.1) is 0 Å². The molecule has 3 aliphatic rings. The van der Waals surface area contributed by atoms with Crippen molar-refractivity contribution in [3.63, 3.8) is 0 Å². The molecule has 1 amide bonds. The zero-order chi connectivity index (χ0) is 13.9. The van der Waals surface area contributed by atoms with Gasteiger partial charge in [0.25, 0.3) is 0 Å². The Morgan fingerprint density at radius 1 is 1.30 bits per heavy atom. The van der Waals surface area contributed by atoms with E-state index in [1.165, 1.54) is 18.4 Å². The van der Waals surface area contributed by atoms with Crippen LogP contribution in [0.2, 0.25) is 5.02 Å². The molecule has 4 unspecified atom stereocenters. The van der Waals surface area contributed by atoms with Crippen LogP contribution in [0.25, 0.3) is 0 Å². The molecule has 1 aromatic rings. The van der Waals surface area contributed by atoms with E-state index in [9.17, 15) is 4.79 Å². The van der Waals surface area contributed by atoms with Gasteiger partial charge in [-0.25, -0.2) is 0 Å². The lowest BCUT2D eigenvalue weighted by Gasteiger charge is -2.31. The largest absolute Gasteiger partial charge is 0.327 e. The molecule has 2 aliphatic carbocycles. The Balaban J connectivity index is 1.64. The van der Waals surface area contributed by atoms with Crippen LogP contribution < -0.4 is 10.6 Å². The van der Waals surface area contributed by atoms with Crippen molar-refractivity contribution < 1.29 is 4.79 Å². The summed E-state index contributed by atoms with van der Waals surface area (Å²) < 4.78 is 0. The molecule has 2 fully saturated rings. The lowest BCUT2D eigenvalue weighted by atomic mass is 9.84. The van der Waals surface area contributed by atoms with E-state index in [-0.39, 0.29) is 17.9 Å². The van der Waals surface area contributed by atoms with Crippen molar-refractivity contribution >= 4 is 23.2 Å². The van der Waals surface area contributed by atoms with E-state index < -0.39 is 0 Å². The van der Waals surface area contributed by atoms with Crippen LogP contribution in [0.15, 0.2) is 18.2 Å². The van der Waals surface area contributed by atoms with E-state index >= 15 is 0 Å². The predicted octanol–water partition coefficient (Wildman–Crippen LogP) is 2.60. The first kappa shape index (κ1) is 12.7. The van der Waals surface area contributed by atoms with Gasteiger partial charge in [-0.3, -0.25) is 4.79 Å². The third-order valence-corrected chi connectivity index (χ3v) is 5.71. The number of anilines is 1. The Labute approximate surface area is 124 Å². The van der Waals surface area contributed by atoms with Gasteiger partial charge in [-0.2, -0.15) is 0 Å². The number of hydrogen-bond donors (Lipinski definition) is 1. The highest BCUT2D eigenvalue weighted by atomic mass is 35.5. The second-order valence-corrected chi connectivity index (χ2v) is 6.89. The molecule has 1 aliphatic heterocycles. The number of fused-ring (bicyclic) bond motifs is 3. The van der Waals surface area contributed by atoms with Gasteiger partial charge >= 0.3 is 0 Å². The summed E-state index contributed by atoms with van der Waals surface area (Å²) in [5.41, 5.74) is 8.53. The summed E-state index contributed by atoms with van der Waals surface area (Å²) in [6, 6.07) is 5.91. The van der Waals surface area contributed by atoms with Gasteiger partial charge in [0.2, 0.25) is 5.91 Å². The summed E-state index contributed by atoms with van der Waals surface area (Å²) in [6.45, 7) is 0.773. The molecular formula is C16H19ClN2O. The van der Waals surface area contributed by atoms with Crippen LogP contribution in [0, 0.1) is 17.8 Å². The normalized spacial score (nSPS) is 34.6. The maximum Gasteiger partial charge on any atom is 0.231 e. The molecule has 0 radical (unpaired) electrons. The lowest BCUT2D eigenvalue weighted by molar-refractivity contribution is -0.124. The quantitative estimate of drug-likeness (QED) is 0.864. The van der Waals surface area contributed by atoms with Gasteiger partial charge in [0.1, 0.15) is 0 Å². The molecule has 1 aromatic carbocycles. The van der Waals surface area contributed by atoms with Crippen molar-refractivity contribution in [3.05, 3.63) is 28.8 Å². The van der Waals surface area contributed by atoms with Crippen molar-refractivity contribution in [2.75, 3.05) is 11.4 Å². The van der Waals surface area contributed by atoms with E-state index in [0.717, 1.165) is 25.1 Å². The minimum absolute atomic E-state index is 0.0266. The molecule has 1 heterocycles. The van der Waals surface area contributed by atoms with E-state index in [1.807, 2.05) is 23.1 Å². The number of nitrogens with two attached hydrogens (primary N) is 1. The van der Waals surface area contributed by atoms with Gasteiger partial charge < -0.3 is 10.6 Å². The number of rotatable bonds is 1. The molecule has 20 heavy (non-hydrogen) atoms. The number of amides is 1. The van der Waals surface area contributed by atoms with Crippen molar-refractivity contribution in [2.45, 2.75) is 31.7 Å². The molecular weight excluding hydrogens is 272 g/mol. The zero-order valence-corrected chi connectivity index (χ0v) is 12.1. The maximum absolute atomic E-state index is 12.9. The summed E-state index contributed by atoms with van der Waals surface area (Å²) in [7, 11) is 0. The van der Waals surface area contributed by atoms with Crippen LogP contribution >= 0.6 is 11.6 Å². The van der Waals surface area contributed by atoms with Crippen molar-refractivity contribution in [1.29, 1.82) is 0 Å². The Kier molecular flexibility index (Phi) is 2.83. The summed E-state index contributed by atoms with van der Waals surface area (Å²) in [5.74, 6) is 1.32. The van der Waals surface area contributed by atoms with Crippen molar-refractivity contribution in [3.8, 4) is 0 Å². The van der Waals surface area contributed by atoms with Gasteiger partial charge in [-0.1, -0.05) is 17.7 Å². The highest BCUT2D eigenvalue weighted by Gasteiger charge is 2.50. The fourth-order valence-electron chi connectivity index (χ4n) is 4.46. The van der Waals surface area contributed by atoms with Crippen molar-refractivity contribution in [1.82, 2.24) is 0 Å². The Bertz CT molecular complexity index is 572. The number of hydrogen-bond acceptors (Lipinski definition) is 2. The predicted molar refractivity (Wildman–Crippen MR) is 79.8 cm³/mol. The standard InChI is InChI=1S/C16H19ClN2O/c17-12-4-3-9-5-6-19(13(9)8-12)16(20)14-10-1-2-11(7-10)15(14)18/h3-4,8,10-11,14-15H,1-2,5-7,18H2. The van der Waals surface area contributed by atoms with Gasteiger partial charge in [0.15, 0.2) is 0 Å². The van der Waals surface area contributed by atoms with Gasteiger partial charge in [0, 0.05) is 23.3 Å². The number of nitrogens with zero attached hydrogens (tertiary/aromatic N) is 1. The van der Waals surface area contributed by atoms with Crippen LogP contribution in [0.1, 0.15) is 24.8 Å². The molecule has 4 heteroatoms. The first-order chi connectivity index (χ1) is 9.65. The monoisotopic (exact) mass is 290 g/mol. The summed E-state index contributed by atoms with van der Waals surface area (Å²) in [5, 5.41) is 0.695. The van der Waals surface area contributed by atoms with E-state index in [0.29, 0.717) is 16.9 Å². The third-order valence-electron chi connectivity index (χ3n) is 5.47. The van der Waals surface area contributed by atoms with Crippen LogP contribution in [0.4, 0.5) is 5.69 Å². The van der Waals surface area contributed by atoms with E-state index in [4.69, 9.17) is 17.3 Å². The zero-order valence-electron chi connectivity index (χ0n) is 11.4. The molecule has 0 aromatic heterocycles. The molecule has 2 saturated carbocycles. The fourth-order valence-corrected chi connectivity index (χ4v) is 4.63. The topological polar surface area (TPSA) is 46.3 Å². The second kappa shape index (κ2) is 4.47. The summed E-state index contributed by atoms with van der Waals surface area (Å²) in [6.07, 6.45) is 4.45.